The van der Waals surface area contributed by atoms with E-state index < -0.39 is 0 Å². The lowest BCUT2D eigenvalue weighted by Gasteiger charge is -1.80. The molecule has 0 aromatic heterocycles. The molecule has 0 heterocycles. The van der Waals surface area contributed by atoms with Crippen molar-refractivity contribution in [1.29, 1.82) is 0 Å². The topological polar surface area (TPSA) is 73.9 Å². The maximum Gasteiger partial charge on any atom is 0.302 e. The molecule has 0 spiro atoms. The van der Waals surface area contributed by atoms with Crippen LogP contribution in [-0.4, -0.2) is 54.5 Å². The van der Waals surface area contributed by atoms with Crippen LogP contribution in [0.2, 0.25) is 0 Å². The van der Waals surface area contributed by atoms with Crippen LogP contribution in [0.1, 0.15) is 13.8 Å². The van der Waals surface area contributed by atoms with E-state index in [2.05, 4.69) is 19.5 Å². The molecule has 0 aliphatic rings. The lowest BCUT2D eigenvalue weighted by molar-refractivity contribution is -0.138. The van der Waals surface area contributed by atoms with Gasteiger partial charge in [0.1, 0.15) is 0 Å². The van der Waals surface area contributed by atoms with Crippen molar-refractivity contribution in [3.05, 3.63) is 0 Å². The monoisotopic (exact) mass is 239 g/mol. The Morgan fingerprint density at radius 1 is 0.812 bits per heavy atom. The molecule has 0 fully saturated rings. The van der Waals surface area contributed by atoms with Gasteiger partial charge in [0, 0.05) is 28.1 Å². The summed E-state index contributed by atoms with van der Waals surface area (Å²) in [5.74, 6) is -0.491. The molecule has 0 aliphatic carbocycles. The third-order valence-electron chi connectivity index (χ3n) is 0.575. The van der Waals surface area contributed by atoms with Gasteiger partial charge in [0.2, 0.25) is 0 Å². The van der Waals surface area contributed by atoms with Crippen LogP contribution < -0.4 is 5.32 Å². The zero-order valence-electron chi connectivity index (χ0n) is 11.5. The number of hydrogen-bond donors (Lipinski definition) is 1. The van der Waals surface area contributed by atoms with Crippen LogP contribution in [-0.2, 0) is 23.8 Å². The number of methoxy groups -OCH3 is 3. The van der Waals surface area contributed by atoms with Crippen LogP contribution >= 0.6 is 0 Å². The predicted octanol–water partition coefficient (Wildman–Crippen LogP) is 0.457. The van der Waals surface area contributed by atoms with Crippen LogP contribution in [0, 0.1) is 0 Å². The fourth-order valence-electron chi connectivity index (χ4n) is 0. The number of carbonyl (C=O) groups excluding carboxylic acids is 2. The first-order valence-electron chi connectivity index (χ1n) is 4.45. The zero-order chi connectivity index (χ0) is 14.0. The van der Waals surface area contributed by atoms with Gasteiger partial charge in [-0.1, -0.05) is 0 Å². The molecule has 0 aromatic rings. The van der Waals surface area contributed by atoms with E-state index in [1.165, 1.54) is 28.1 Å². The molecule has 0 saturated heterocycles. The summed E-state index contributed by atoms with van der Waals surface area (Å²) >= 11 is 0. The summed E-state index contributed by atoms with van der Waals surface area (Å²) in [5, 5.41) is 2.75. The predicted molar refractivity (Wildman–Crippen MR) is 63.3 cm³/mol. The van der Waals surface area contributed by atoms with Gasteiger partial charge in [0.05, 0.1) is 14.2 Å². The summed E-state index contributed by atoms with van der Waals surface area (Å²) in [4.78, 5) is 19.2. The average molecular weight is 239 g/mol. The molecule has 0 amide bonds. The van der Waals surface area contributed by atoms with Crippen molar-refractivity contribution >= 4 is 11.9 Å². The van der Waals surface area contributed by atoms with E-state index in [0.717, 1.165) is 0 Å². The fourth-order valence-corrected chi connectivity index (χ4v) is 0. The van der Waals surface area contributed by atoms with E-state index in [1.54, 1.807) is 14.2 Å². The van der Waals surface area contributed by atoms with Gasteiger partial charge in [-0.05, 0) is 14.1 Å². The van der Waals surface area contributed by atoms with E-state index >= 15 is 0 Å². The third-order valence-corrected chi connectivity index (χ3v) is 0.575. The molecule has 6 nitrogen and oxygen atoms in total. The highest BCUT2D eigenvalue weighted by Crippen LogP contribution is 1.60. The average Bonchev–Trinajstić information content (AvgIpc) is 2.21. The number of esters is 2. The van der Waals surface area contributed by atoms with Gasteiger partial charge in [0.25, 0.3) is 0 Å². The van der Waals surface area contributed by atoms with Crippen LogP contribution in [0.15, 0.2) is 0 Å². The van der Waals surface area contributed by atoms with Crippen molar-refractivity contribution < 1.29 is 23.8 Å². The minimum atomic E-state index is -0.245. The van der Waals surface area contributed by atoms with Gasteiger partial charge in [-0.3, -0.25) is 9.59 Å². The summed E-state index contributed by atoms with van der Waals surface area (Å²) in [6.45, 7) is 2.72. The van der Waals surface area contributed by atoms with Crippen molar-refractivity contribution in [2.24, 2.45) is 0 Å². The van der Waals surface area contributed by atoms with Crippen molar-refractivity contribution in [1.82, 2.24) is 5.32 Å². The number of rotatable bonds is 0. The van der Waals surface area contributed by atoms with E-state index in [-0.39, 0.29) is 11.9 Å². The van der Waals surface area contributed by atoms with Crippen molar-refractivity contribution in [3.63, 3.8) is 0 Å². The Balaban J connectivity index is -0.0000000621. The number of hydrogen-bond acceptors (Lipinski definition) is 6. The number of ether oxygens (including phenoxy) is 3. The summed E-state index contributed by atoms with van der Waals surface area (Å²) < 4.78 is 12.5. The summed E-state index contributed by atoms with van der Waals surface area (Å²) in [6, 6.07) is 0. The Morgan fingerprint density at radius 2 is 0.875 bits per heavy atom. The molecular weight excluding hydrogens is 214 g/mol. The molecule has 1 N–H and O–H groups in total. The van der Waals surface area contributed by atoms with Gasteiger partial charge < -0.3 is 19.5 Å². The van der Waals surface area contributed by atoms with Gasteiger partial charge >= 0.3 is 11.9 Å². The quantitative estimate of drug-likeness (QED) is 0.619. The Hall–Kier alpha value is -1.14. The van der Waals surface area contributed by atoms with E-state index in [4.69, 9.17) is 0 Å². The second-order valence-electron chi connectivity index (χ2n) is 2.30. The first-order chi connectivity index (χ1) is 7.37. The second kappa shape index (κ2) is 29.2. The van der Waals surface area contributed by atoms with E-state index in [9.17, 15) is 9.59 Å². The Bertz CT molecular complexity index is 123. The number of nitrogens with one attached hydrogen (secondary N) is 1. The molecule has 100 valence electrons. The minimum absolute atomic E-state index is 0.245. The summed E-state index contributed by atoms with van der Waals surface area (Å²) in [5.41, 5.74) is 0. The summed E-state index contributed by atoms with van der Waals surface area (Å²) in [6.07, 6.45) is 0. The number of carbonyl (C=O) groups is 2. The van der Waals surface area contributed by atoms with Crippen molar-refractivity contribution in [2.45, 2.75) is 13.8 Å². The van der Waals surface area contributed by atoms with E-state index in [1.807, 2.05) is 14.1 Å². The zero-order valence-corrected chi connectivity index (χ0v) is 11.5. The fraction of sp³-hybridized carbons (Fsp3) is 0.800. The highest BCUT2D eigenvalue weighted by molar-refractivity contribution is 5.65. The first kappa shape index (κ1) is 24.2. The molecule has 6 heteroatoms. The lowest BCUT2D eigenvalue weighted by Crippen LogP contribution is -1.89. The van der Waals surface area contributed by atoms with Gasteiger partial charge in [-0.25, -0.2) is 0 Å². The van der Waals surface area contributed by atoms with Gasteiger partial charge in [-0.15, -0.1) is 0 Å². The van der Waals surface area contributed by atoms with Gasteiger partial charge in [0.15, 0.2) is 0 Å². The third kappa shape index (κ3) is 221. The van der Waals surface area contributed by atoms with Crippen molar-refractivity contribution in [3.8, 4) is 0 Å². The molecule has 0 atom stereocenters. The molecule has 0 radical (unpaired) electrons. The van der Waals surface area contributed by atoms with Gasteiger partial charge in [-0.2, -0.15) is 0 Å². The SMILES string of the molecule is CNC.COC.COC(C)=O.COC(C)=O. The van der Waals surface area contributed by atoms with Crippen LogP contribution in [0.25, 0.3) is 0 Å². The van der Waals surface area contributed by atoms with Crippen LogP contribution in [0.5, 0.6) is 0 Å². The molecular formula is C10H25NO5. The molecule has 0 aromatic carbocycles. The standard InChI is InChI=1S/2C3H6O2.C2H7N.C2H6O/c2*1-3(4)5-2;2*1-3-2/h2*1-2H3;3H,1-2H3;1-2H3. The van der Waals surface area contributed by atoms with Crippen LogP contribution in [0.3, 0.4) is 0 Å². The molecule has 0 rings (SSSR count). The normalized spacial score (nSPS) is 6.50. The molecule has 0 unspecified atom stereocenters. The van der Waals surface area contributed by atoms with Crippen LogP contribution in [0.4, 0.5) is 0 Å². The maximum atomic E-state index is 9.59. The lowest BCUT2D eigenvalue weighted by atomic mass is 10.8. The Labute approximate surface area is 98.3 Å². The highest BCUT2D eigenvalue weighted by atomic mass is 16.5. The summed E-state index contributed by atoms with van der Waals surface area (Å²) in [7, 11) is 9.70. The Morgan fingerprint density at radius 3 is 0.875 bits per heavy atom. The molecule has 16 heavy (non-hydrogen) atoms. The largest absolute Gasteiger partial charge is 0.469 e. The second-order valence-corrected chi connectivity index (χ2v) is 2.30. The molecule has 0 saturated carbocycles. The van der Waals surface area contributed by atoms with E-state index in [0.29, 0.717) is 0 Å². The molecule has 0 bridgehead atoms. The minimum Gasteiger partial charge on any atom is -0.469 e. The van der Waals surface area contributed by atoms with Crippen molar-refractivity contribution in [2.75, 3.05) is 42.5 Å². The smallest absolute Gasteiger partial charge is 0.302 e. The highest BCUT2D eigenvalue weighted by Gasteiger charge is 1.76. The maximum absolute atomic E-state index is 9.59. The first-order valence-corrected chi connectivity index (χ1v) is 4.45. The molecule has 0 aliphatic heterocycles. The Kier molecular flexibility index (Phi) is 44.2.